The molecular formula is C24H21F3N4O3. The first-order valence-corrected chi connectivity index (χ1v) is 10.7. The van der Waals surface area contributed by atoms with Crippen LogP contribution in [0.2, 0.25) is 0 Å². The molecule has 2 aromatic carbocycles. The molecule has 10 heteroatoms. The molecule has 1 fully saturated rings. The predicted octanol–water partition coefficient (Wildman–Crippen LogP) is 4.88. The summed E-state index contributed by atoms with van der Waals surface area (Å²) in [5.41, 5.74) is 4.00. The molecule has 5 rings (SSSR count). The van der Waals surface area contributed by atoms with Crippen molar-refractivity contribution in [2.24, 2.45) is 0 Å². The smallest absolute Gasteiger partial charge is 0.406 e. The van der Waals surface area contributed by atoms with E-state index < -0.39 is 6.36 Å². The van der Waals surface area contributed by atoms with Crippen LogP contribution >= 0.6 is 0 Å². The highest BCUT2D eigenvalue weighted by molar-refractivity contribution is 5.59. The number of alkyl halides is 3. The largest absolute Gasteiger partial charge is 0.573 e. The van der Waals surface area contributed by atoms with Crippen molar-refractivity contribution in [2.75, 3.05) is 6.61 Å². The van der Waals surface area contributed by atoms with Gasteiger partial charge in [-0.3, -0.25) is 4.68 Å². The van der Waals surface area contributed by atoms with E-state index in [0.717, 1.165) is 29.7 Å². The molecule has 7 nitrogen and oxygen atoms in total. The van der Waals surface area contributed by atoms with Gasteiger partial charge in [-0.05, 0) is 61.2 Å². The van der Waals surface area contributed by atoms with Gasteiger partial charge in [0.05, 0.1) is 13.2 Å². The molecule has 1 aliphatic rings. The zero-order valence-corrected chi connectivity index (χ0v) is 18.2. The molecule has 1 N–H and O–H groups in total. The maximum atomic E-state index is 12.3. The molecule has 1 saturated carbocycles. The second-order valence-electron chi connectivity index (χ2n) is 8.46. The van der Waals surface area contributed by atoms with Crippen molar-refractivity contribution in [2.45, 2.75) is 38.1 Å². The normalized spacial score (nSPS) is 14.9. The molecule has 0 radical (unpaired) electrons. The number of hydrogen-bond donors (Lipinski definition) is 1. The van der Waals surface area contributed by atoms with Crippen LogP contribution < -0.4 is 4.74 Å². The molecule has 34 heavy (non-hydrogen) atoms. The second-order valence-corrected chi connectivity index (χ2v) is 8.46. The molecule has 0 bridgehead atoms. The highest BCUT2D eigenvalue weighted by atomic mass is 19.4. The van der Waals surface area contributed by atoms with Crippen LogP contribution in [0.15, 0.2) is 59.1 Å². The fourth-order valence-corrected chi connectivity index (χ4v) is 3.89. The van der Waals surface area contributed by atoms with Gasteiger partial charge in [0.15, 0.2) is 5.69 Å². The maximum Gasteiger partial charge on any atom is 0.573 e. The lowest BCUT2D eigenvalue weighted by Crippen LogP contribution is -2.16. The number of aryl methyl sites for hydroxylation is 1. The Morgan fingerprint density at radius 2 is 1.88 bits per heavy atom. The van der Waals surface area contributed by atoms with Crippen molar-refractivity contribution in [3.63, 3.8) is 0 Å². The van der Waals surface area contributed by atoms with E-state index in [4.69, 9.17) is 4.52 Å². The summed E-state index contributed by atoms with van der Waals surface area (Å²) in [6, 6.07) is 15.2. The Labute approximate surface area is 192 Å². The van der Waals surface area contributed by atoms with Crippen molar-refractivity contribution in [3.8, 4) is 28.7 Å². The number of halogens is 3. The van der Waals surface area contributed by atoms with Crippen LogP contribution in [0.4, 0.5) is 13.2 Å². The van der Waals surface area contributed by atoms with Gasteiger partial charge in [0, 0.05) is 16.7 Å². The minimum absolute atomic E-state index is 0.0996. The number of nitrogens with zero attached hydrogens (tertiary/aromatic N) is 4. The molecule has 0 aliphatic heterocycles. The van der Waals surface area contributed by atoms with Gasteiger partial charge in [-0.1, -0.05) is 29.4 Å². The summed E-state index contributed by atoms with van der Waals surface area (Å²) in [4.78, 5) is 4.34. The number of aliphatic hydroxyl groups excluding tert-OH is 1. The summed E-state index contributed by atoms with van der Waals surface area (Å²) in [6.07, 6.45) is -2.76. The lowest BCUT2D eigenvalue weighted by atomic mass is 9.95. The molecule has 0 amide bonds. The fourth-order valence-electron chi connectivity index (χ4n) is 3.89. The molecule has 0 spiro atoms. The number of rotatable bonds is 7. The van der Waals surface area contributed by atoms with Gasteiger partial charge in [0.2, 0.25) is 5.82 Å². The van der Waals surface area contributed by atoms with E-state index in [9.17, 15) is 18.3 Å². The predicted molar refractivity (Wildman–Crippen MR) is 116 cm³/mol. The Bertz CT molecular complexity index is 1310. The van der Waals surface area contributed by atoms with E-state index in [1.165, 1.54) is 24.3 Å². The third-order valence-electron chi connectivity index (χ3n) is 6.00. The maximum absolute atomic E-state index is 12.3. The third kappa shape index (κ3) is 4.54. The molecule has 176 valence electrons. The number of aromatic nitrogens is 4. The Hall–Kier alpha value is -3.66. The van der Waals surface area contributed by atoms with Crippen LogP contribution in [0, 0.1) is 6.92 Å². The van der Waals surface area contributed by atoms with E-state index in [1.54, 1.807) is 0 Å². The summed E-state index contributed by atoms with van der Waals surface area (Å²) in [7, 11) is 0. The average molecular weight is 470 g/mol. The van der Waals surface area contributed by atoms with E-state index in [1.807, 2.05) is 29.8 Å². The summed E-state index contributed by atoms with van der Waals surface area (Å²) in [6.45, 7) is 2.62. The van der Waals surface area contributed by atoms with Gasteiger partial charge in [-0.25, -0.2) is 0 Å². The van der Waals surface area contributed by atoms with Gasteiger partial charge in [0.25, 0.3) is 5.89 Å². The van der Waals surface area contributed by atoms with Crippen LogP contribution in [0.1, 0.15) is 29.7 Å². The van der Waals surface area contributed by atoms with Gasteiger partial charge >= 0.3 is 6.36 Å². The average Bonchev–Trinajstić information content (AvgIpc) is 3.31. The molecule has 0 saturated heterocycles. The highest BCUT2D eigenvalue weighted by Crippen LogP contribution is 2.47. The number of hydrogen-bond acceptors (Lipinski definition) is 6. The highest BCUT2D eigenvalue weighted by Gasteiger charge is 2.43. The number of aliphatic hydroxyl groups is 1. The quantitative estimate of drug-likeness (QED) is 0.414. The lowest BCUT2D eigenvalue weighted by molar-refractivity contribution is -0.274. The summed E-state index contributed by atoms with van der Waals surface area (Å²) in [5, 5.41) is 18.2. The van der Waals surface area contributed by atoms with Gasteiger partial charge in [-0.2, -0.15) is 10.1 Å². The summed E-state index contributed by atoms with van der Waals surface area (Å²) < 4.78 is 48.1. The van der Waals surface area contributed by atoms with Crippen LogP contribution in [-0.4, -0.2) is 38.0 Å². The molecule has 0 unspecified atom stereocenters. The molecule has 0 atom stereocenters. The van der Waals surface area contributed by atoms with Crippen molar-refractivity contribution in [1.82, 2.24) is 19.9 Å². The molecule has 2 heterocycles. The zero-order chi connectivity index (χ0) is 23.9. The van der Waals surface area contributed by atoms with Gasteiger partial charge in [-0.15, -0.1) is 13.2 Å². The van der Waals surface area contributed by atoms with Crippen molar-refractivity contribution in [1.29, 1.82) is 0 Å². The SMILES string of the molecule is Cc1cc(-c2nc(-c3ccc(OC(F)(F)F)cc3)no2)nn1Cc1cccc(C2(CO)CC2)c1. The fraction of sp³-hybridized carbons (Fsp3) is 0.292. The minimum atomic E-state index is -4.75. The summed E-state index contributed by atoms with van der Waals surface area (Å²) in [5.74, 6) is 0.107. The zero-order valence-electron chi connectivity index (χ0n) is 18.2. The van der Waals surface area contributed by atoms with Crippen molar-refractivity contribution in [3.05, 3.63) is 71.4 Å². The second kappa shape index (κ2) is 8.28. The number of ether oxygens (including phenoxy) is 1. The van der Waals surface area contributed by atoms with Gasteiger partial charge < -0.3 is 14.4 Å². The standard InChI is InChI=1S/C24H21F3N4O3/c1-15-11-20(29-31(15)13-16-3-2-4-18(12-16)23(14-32)9-10-23)22-28-21(30-34-22)17-5-7-19(8-6-17)33-24(25,26)27/h2-8,11-12,32H,9-10,13-14H2,1H3. The van der Waals surface area contributed by atoms with Crippen LogP contribution in [0.25, 0.3) is 23.0 Å². The van der Waals surface area contributed by atoms with E-state index >= 15 is 0 Å². The van der Waals surface area contributed by atoms with Gasteiger partial charge in [0.1, 0.15) is 5.75 Å². The number of benzene rings is 2. The monoisotopic (exact) mass is 470 g/mol. The van der Waals surface area contributed by atoms with Crippen molar-refractivity contribution < 1.29 is 27.5 Å². The first kappa shape index (κ1) is 22.1. The third-order valence-corrected chi connectivity index (χ3v) is 6.00. The first-order chi connectivity index (χ1) is 16.2. The molecule has 1 aliphatic carbocycles. The van der Waals surface area contributed by atoms with E-state index in [-0.39, 0.29) is 29.5 Å². The van der Waals surface area contributed by atoms with Crippen molar-refractivity contribution >= 4 is 0 Å². The Morgan fingerprint density at radius 3 is 2.56 bits per heavy atom. The topological polar surface area (TPSA) is 86.2 Å². The van der Waals surface area contributed by atoms with E-state index in [0.29, 0.717) is 17.8 Å². The molecule has 4 aromatic rings. The Balaban J connectivity index is 1.33. The van der Waals surface area contributed by atoms with Crippen LogP contribution in [0.3, 0.4) is 0 Å². The molecular weight excluding hydrogens is 449 g/mol. The van der Waals surface area contributed by atoms with Crippen LogP contribution in [-0.2, 0) is 12.0 Å². The molecule has 2 aromatic heterocycles. The Morgan fingerprint density at radius 1 is 1.12 bits per heavy atom. The lowest BCUT2D eigenvalue weighted by Gasteiger charge is -2.14. The summed E-state index contributed by atoms with van der Waals surface area (Å²) >= 11 is 0. The Kier molecular flexibility index (Phi) is 5.40. The van der Waals surface area contributed by atoms with E-state index in [2.05, 4.69) is 32.1 Å². The minimum Gasteiger partial charge on any atom is -0.406 e. The van der Waals surface area contributed by atoms with Crippen LogP contribution in [0.5, 0.6) is 5.75 Å². The first-order valence-electron chi connectivity index (χ1n) is 10.7.